The van der Waals surface area contributed by atoms with Crippen LogP contribution in [0.4, 0.5) is 0 Å². The van der Waals surface area contributed by atoms with Crippen LogP contribution in [0.3, 0.4) is 0 Å². The lowest BCUT2D eigenvalue weighted by Crippen LogP contribution is -2.57. The van der Waals surface area contributed by atoms with E-state index in [-0.39, 0.29) is 54.7 Å². The molecule has 1 saturated heterocycles. The van der Waals surface area contributed by atoms with Crippen molar-refractivity contribution < 1.29 is 53.8 Å². The second kappa shape index (κ2) is 30.8. The van der Waals surface area contributed by atoms with Crippen LogP contribution in [0, 0.1) is 41.4 Å². The molecule has 1 heterocycles. The van der Waals surface area contributed by atoms with Crippen molar-refractivity contribution in [3.63, 3.8) is 0 Å². The fourth-order valence-corrected chi connectivity index (χ4v) is 10.1. The number of ether oxygens (including phenoxy) is 3. The summed E-state index contributed by atoms with van der Waals surface area (Å²) in [7, 11) is 3.27. The van der Waals surface area contributed by atoms with E-state index in [1.165, 1.54) is 17.4 Å². The minimum Gasteiger partial charge on any atom is -0.394 e. The molecule has 0 spiro atoms. The van der Waals surface area contributed by atoms with Crippen molar-refractivity contribution in [2.45, 2.75) is 188 Å². The molecule has 0 aromatic rings. The number of allylic oxidation sites excluding steroid dienone is 7. The summed E-state index contributed by atoms with van der Waals surface area (Å²) in [5, 5.41) is 41.9. The number of rotatable bonds is 31. The summed E-state index contributed by atoms with van der Waals surface area (Å²) in [5.74, 6) is -4.89. The molecule has 12 atom stereocenters. The fraction of sp³-hybridized carbons (Fsp3) is 0.759. The van der Waals surface area contributed by atoms with Gasteiger partial charge in [0.1, 0.15) is 18.0 Å². The van der Waals surface area contributed by atoms with Crippen molar-refractivity contribution in [2.75, 3.05) is 34.0 Å². The molecule has 2 rings (SSSR count). The van der Waals surface area contributed by atoms with E-state index in [1.807, 2.05) is 38.2 Å². The number of amides is 1. The van der Waals surface area contributed by atoms with Crippen LogP contribution in [0.5, 0.6) is 0 Å². The molecular weight excluding hydrogens is 871 g/mol. The van der Waals surface area contributed by atoms with Gasteiger partial charge in [-0.15, -0.1) is 0 Å². The molecule has 0 aromatic heterocycles. The van der Waals surface area contributed by atoms with Crippen molar-refractivity contribution in [3.8, 4) is 0 Å². The van der Waals surface area contributed by atoms with Crippen LogP contribution in [-0.4, -0.2) is 124 Å². The number of hydrogen-bond donors (Lipinski definition) is 4. The molecule has 1 amide bonds. The molecular formula is C54H89NO11S. The highest BCUT2D eigenvalue weighted by Gasteiger charge is 2.46. The van der Waals surface area contributed by atoms with Gasteiger partial charge in [0.2, 0.25) is 5.79 Å². The molecule has 1 saturated carbocycles. The Bertz CT molecular complexity index is 1690. The van der Waals surface area contributed by atoms with E-state index in [0.717, 1.165) is 57.8 Å². The lowest BCUT2D eigenvalue weighted by atomic mass is 9.79. The zero-order chi connectivity index (χ0) is 50.4. The summed E-state index contributed by atoms with van der Waals surface area (Å²) < 4.78 is 17.2. The lowest BCUT2D eigenvalue weighted by Gasteiger charge is -2.36. The molecule has 2 fully saturated rings. The van der Waals surface area contributed by atoms with Gasteiger partial charge in [-0.25, -0.2) is 0 Å². The summed E-state index contributed by atoms with van der Waals surface area (Å²) >= 11 is 5.87. The summed E-state index contributed by atoms with van der Waals surface area (Å²) in [5.41, 5.74) is 1.88. The zero-order valence-electron chi connectivity index (χ0n) is 42.9. The van der Waals surface area contributed by atoms with Gasteiger partial charge < -0.3 is 39.5 Å². The van der Waals surface area contributed by atoms with Crippen molar-refractivity contribution in [2.24, 2.45) is 41.4 Å². The van der Waals surface area contributed by atoms with Gasteiger partial charge in [0, 0.05) is 43.9 Å². The van der Waals surface area contributed by atoms with Crippen molar-refractivity contribution >= 4 is 40.3 Å². The first-order chi connectivity index (χ1) is 31.6. The molecule has 382 valence electrons. The van der Waals surface area contributed by atoms with Crippen LogP contribution in [0.15, 0.2) is 47.6 Å². The van der Waals surface area contributed by atoms with Gasteiger partial charge in [-0.2, -0.15) is 0 Å². The number of thiocarbonyl (C=S) groups is 1. The second-order valence-electron chi connectivity index (χ2n) is 20.2. The standard InChI is InChI=1S/C54H89NO11S/c1-35(19-13-12-14-20-37(3)38(4)21-15-16-22-42(8)54(62,63)52(60)53(61)55-28-18-17-23-45(55)43(9)57)31-41(7)51(67)50(65-11)49(59)40(6)33-39(5)46(58)26-24-36(2)32-44-25-27-47(66-30-29-56)48(34-44)64-10/h12-14,19-20,33,35-36,38-39,41-42,44-45,47-50,56,59,62-63H,15-18,21-32,34H2,1-11H3/b14-12+,19-13+,37-20+,40-33+/t35-,36+,38+,39-,41-,42-,44+,45+,47-,48-,49-,50-/m1/s1. The predicted molar refractivity (Wildman–Crippen MR) is 269 cm³/mol. The van der Waals surface area contributed by atoms with E-state index in [0.29, 0.717) is 66.9 Å². The minimum atomic E-state index is -2.79. The van der Waals surface area contributed by atoms with Gasteiger partial charge in [-0.05, 0) is 127 Å². The maximum atomic E-state index is 13.2. The monoisotopic (exact) mass is 960 g/mol. The Labute approximate surface area is 409 Å². The van der Waals surface area contributed by atoms with E-state index in [9.17, 15) is 34.5 Å². The van der Waals surface area contributed by atoms with Gasteiger partial charge in [-0.1, -0.05) is 109 Å². The number of piperidine rings is 1. The molecule has 13 heteroatoms. The summed E-state index contributed by atoms with van der Waals surface area (Å²) in [6.45, 7) is 17.9. The minimum absolute atomic E-state index is 0.00551. The molecule has 2 aliphatic rings. The molecule has 0 radical (unpaired) electrons. The van der Waals surface area contributed by atoms with E-state index >= 15 is 0 Å². The number of ketones is 3. The maximum Gasteiger partial charge on any atom is 0.296 e. The molecule has 1 aliphatic carbocycles. The summed E-state index contributed by atoms with van der Waals surface area (Å²) in [6.07, 6.45) is 21.1. The Morgan fingerprint density at radius 2 is 1.54 bits per heavy atom. The normalized spacial score (nSPS) is 23.7. The largest absolute Gasteiger partial charge is 0.394 e. The predicted octanol–water partition coefficient (Wildman–Crippen LogP) is 8.66. The lowest BCUT2D eigenvalue weighted by molar-refractivity contribution is -0.205. The number of hydrogen-bond acceptors (Lipinski definition) is 12. The summed E-state index contributed by atoms with van der Waals surface area (Å²) in [4.78, 5) is 53.0. The van der Waals surface area contributed by atoms with E-state index in [2.05, 4.69) is 46.8 Å². The number of likely N-dealkylation sites (tertiary alicyclic amines) is 1. The van der Waals surface area contributed by atoms with Crippen LogP contribution in [-0.2, 0) is 33.4 Å². The third-order valence-electron chi connectivity index (χ3n) is 14.5. The van der Waals surface area contributed by atoms with Crippen LogP contribution in [0.1, 0.15) is 152 Å². The van der Waals surface area contributed by atoms with E-state index < -0.39 is 41.6 Å². The van der Waals surface area contributed by atoms with Crippen LogP contribution < -0.4 is 0 Å². The molecule has 1 aliphatic heterocycles. The number of carbonyl (C=O) groups is 4. The van der Waals surface area contributed by atoms with Gasteiger partial charge in [0.25, 0.3) is 11.7 Å². The van der Waals surface area contributed by atoms with Crippen LogP contribution >= 0.6 is 12.2 Å². The first-order valence-corrected chi connectivity index (χ1v) is 25.5. The average Bonchev–Trinajstić information content (AvgIpc) is 3.30. The maximum absolute atomic E-state index is 13.2. The smallest absolute Gasteiger partial charge is 0.296 e. The Morgan fingerprint density at radius 3 is 2.18 bits per heavy atom. The highest BCUT2D eigenvalue weighted by atomic mass is 32.1. The number of unbranched alkanes of at least 4 members (excludes halogenated alkanes) is 1. The molecule has 0 unspecified atom stereocenters. The molecule has 0 bridgehead atoms. The Hall–Kier alpha value is -2.75. The van der Waals surface area contributed by atoms with Gasteiger partial charge in [-0.3, -0.25) is 19.2 Å². The van der Waals surface area contributed by atoms with Crippen molar-refractivity contribution in [1.82, 2.24) is 4.90 Å². The molecule has 12 nitrogen and oxygen atoms in total. The van der Waals surface area contributed by atoms with Gasteiger partial charge in [0.15, 0.2) is 5.78 Å². The topological polar surface area (TPSA) is 180 Å². The highest BCUT2D eigenvalue weighted by Crippen LogP contribution is 2.34. The number of nitrogens with zero attached hydrogens (tertiary/aromatic N) is 1. The van der Waals surface area contributed by atoms with Gasteiger partial charge >= 0.3 is 0 Å². The quantitative estimate of drug-likeness (QED) is 0.0130. The first kappa shape index (κ1) is 60.4. The van der Waals surface area contributed by atoms with E-state index in [4.69, 9.17) is 31.5 Å². The van der Waals surface area contributed by atoms with Crippen LogP contribution in [0.2, 0.25) is 0 Å². The fourth-order valence-electron chi connectivity index (χ4n) is 9.73. The van der Waals surface area contributed by atoms with E-state index in [1.54, 1.807) is 21.1 Å². The second-order valence-corrected chi connectivity index (χ2v) is 20.7. The number of Topliss-reactive ketones (excluding diaryl/α,β-unsaturated/α-hetero) is 3. The highest BCUT2D eigenvalue weighted by molar-refractivity contribution is 7.80. The first-order valence-electron chi connectivity index (χ1n) is 25.1. The molecule has 67 heavy (non-hydrogen) atoms. The number of aliphatic hydroxyl groups excluding tert-OH is 2. The van der Waals surface area contributed by atoms with Gasteiger partial charge in [0.05, 0.1) is 31.5 Å². The third kappa shape index (κ3) is 19.9. The molecule has 4 N–H and O–H groups in total. The van der Waals surface area contributed by atoms with Crippen molar-refractivity contribution in [3.05, 3.63) is 47.6 Å². The number of aliphatic hydroxyl groups is 4. The Balaban J connectivity index is 1.79. The molecule has 0 aromatic carbocycles. The Morgan fingerprint density at radius 1 is 0.851 bits per heavy atom. The number of carbonyl (C=O) groups excluding carboxylic acids is 4. The van der Waals surface area contributed by atoms with Crippen LogP contribution in [0.25, 0.3) is 0 Å². The Kier molecular flexibility index (Phi) is 27.7. The SMILES string of the molecule is CO[C@@H]1C[C@H](C[C@@H](C)CCC(=O)[C@H](C)/C=C(\C)[C@@H](O)[C@@H](OC)C(=S)[C@H](C)C[C@H](C)/C=C/C=C/C=C(\C)[C@@H](C)CCCC[C@@H](C)C(O)(O)C(=O)C(=O)N2CCCC[C@H]2C(C)=O)CC[C@H]1OCCO. The van der Waals surface area contributed by atoms with Crippen molar-refractivity contribution in [1.29, 1.82) is 0 Å². The number of methoxy groups -OCH3 is 2. The average molecular weight is 960 g/mol. The third-order valence-corrected chi connectivity index (χ3v) is 15.1. The zero-order valence-corrected chi connectivity index (χ0v) is 43.7. The summed E-state index contributed by atoms with van der Waals surface area (Å²) in [6, 6.07) is -0.697.